The summed E-state index contributed by atoms with van der Waals surface area (Å²) in [5.74, 6) is 0.113. The van der Waals surface area contributed by atoms with Crippen LogP contribution in [0, 0.1) is 0 Å². The first-order valence-corrected chi connectivity index (χ1v) is 12.9. The van der Waals surface area contributed by atoms with Crippen molar-refractivity contribution in [2.24, 2.45) is 0 Å². The Labute approximate surface area is 192 Å². The van der Waals surface area contributed by atoms with Gasteiger partial charge in [-0.2, -0.15) is 0 Å². The summed E-state index contributed by atoms with van der Waals surface area (Å²) in [6.07, 6.45) is 2.12. The van der Waals surface area contributed by atoms with E-state index in [1.807, 2.05) is 65.0 Å². The van der Waals surface area contributed by atoms with Crippen LogP contribution in [0.5, 0.6) is 0 Å². The molecule has 1 aliphatic rings. The van der Waals surface area contributed by atoms with Gasteiger partial charge in [-0.25, -0.2) is 4.98 Å². The standard InChI is InChI=1S/C23H21N3O2S3/c1-15(21(27)25-11-5-6-12-25)31-23-24-20-19(17(14-30-20)18-10-7-13-29-18)22(28)26(23)16-8-3-2-4-9-16/h2-4,7-10,13-15H,5-6,11-12H2,1H3. The topological polar surface area (TPSA) is 55.2 Å². The molecule has 5 nitrogen and oxygen atoms in total. The van der Waals surface area contributed by atoms with Gasteiger partial charge < -0.3 is 4.90 Å². The Morgan fingerprint density at radius 3 is 2.58 bits per heavy atom. The van der Waals surface area contributed by atoms with E-state index in [2.05, 4.69) is 0 Å². The Morgan fingerprint density at radius 2 is 1.87 bits per heavy atom. The maximum Gasteiger partial charge on any atom is 0.268 e. The predicted octanol–water partition coefficient (Wildman–Crippen LogP) is 5.28. The number of likely N-dealkylation sites (tertiary alicyclic amines) is 1. The summed E-state index contributed by atoms with van der Waals surface area (Å²) in [5.41, 5.74) is 1.59. The van der Waals surface area contributed by atoms with E-state index in [1.165, 1.54) is 23.1 Å². The molecule has 0 radical (unpaired) electrons. The number of carbonyl (C=O) groups excluding carboxylic acids is 1. The maximum absolute atomic E-state index is 13.8. The molecule has 4 aromatic rings. The second-order valence-corrected chi connectivity index (χ2v) is 10.6. The van der Waals surface area contributed by atoms with Crippen molar-refractivity contribution in [1.29, 1.82) is 0 Å². The minimum atomic E-state index is -0.311. The largest absolute Gasteiger partial charge is 0.342 e. The van der Waals surface area contributed by atoms with Crippen LogP contribution >= 0.6 is 34.4 Å². The van der Waals surface area contributed by atoms with E-state index in [-0.39, 0.29) is 16.7 Å². The predicted molar refractivity (Wildman–Crippen MR) is 130 cm³/mol. The van der Waals surface area contributed by atoms with Gasteiger partial charge in [0, 0.05) is 28.9 Å². The number of carbonyl (C=O) groups is 1. The number of rotatable bonds is 5. The van der Waals surface area contributed by atoms with Crippen LogP contribution in [-0.4, -0.2) is 38.7 Å². The number of hydrogen-bond donors (Lipinski definition) is 0. The third kappa shape index (κ3) is 3.84. The first kappa shape index (κ1) is 20.5. The minimum absolute atomic E-state index is 0.0934. The van der Waals surface area contributed by atoms with Crippen LogP contribution in [0.15, 0.2) is 63.2 Å². The molecule has 4 heterocycles. The van der Waals surface area contributed by atoms with Gasteiger partial charge in [-0.05, 0) is 43.3 Å². The number of benzene rings is 1. The van der Waals surface area contributed by atoms with E-state index in [1.54, 1.807) is 15.9 Å². The van der Waals surface area contributed by atoms with Gasteiger partial charge in [0.05, 0.1) is 16.3 Å². The molecule has 0 saturated carbocycles. The fourth-order valence-corrected chi connectivity index (χ4v) is 6.69. The molecule has 3 aromatic heterocycles. The van der Waals surface area contributed by atoms with Crippen LogP contribution < -0.4 is 5.56 Å². The lowest BCUT2D eigenvalue weighted by Crippen LogP contribution is -2.34. The van der Waals surface area contributed by atoms with E-state index in [9.17, 15) is 9.59 Å². The number of thiophene rings is 2. The Bertz CT molecular complexity index is 1270. The average molecular weight is 468 g/mol. The Hall–Kier alpha value is -2.42. The zero-order chi connectivity index (χ0) is 21.4. The molecule has 31 heavy (non-hydrogen) atoms. The summed E-state index contributed by atoms with van der Waals surface area (Å²) in [6.45, 7) is 3.54. The summed E-state index contributed by atoms with van der Waals surface area (Å²) in [4.78, 5) is 35.2. The highest BCUT2D eigenvalue weighted by atomic mass is 32.2. The van der Waals surface area contributed by atoms with Crippen molar-refractivity contribution in [2.75, 3.05) is 13.1 Å². The summed E-state index contributed by atoms with van der Waals surface area (Å²) in [7, 11) is 0. The third-order valence-corrected chi connectivity index (χ3v) is 8.24. The molecule has 158 valence electrons. The van der Waals surface area contributed by atoms with E-state index < -0.39 is 0 Å². The lowest BCUT2D eigenvalue weighted by Gasteiger charge is -2.21. The molecule has 1 aliphatic heterocycles. The van der Waals surface area contributed by atoms with Gasteiger partial charge in [0.25, 0.3) is 5.56 Å². The van der Waals surface area contributed by atoms with Crippen LogP contribution in [0.3, 0.4) is 0 Å². The van der Waals surface area contributed by atoms with Gasteiger partial charge >= 0.3 is 0 Å². The molecular formula is C23H21N3O2S3. The molecule has 1 aromatic carbocycles. The number of nitrogens with zero attached hydrogens (tertiary/aromatic N) is 3. The molecule has 1 unspecified atom stereocenters. The first-order valence-electron chi connectivity index (χ1n) is 10.2. The average Bonchev–Trinajstić information content (AvgIpc) is 3.55. The Morgan fingerprint density at radius 1 is 1.10 bits per heavy atom. The second-order valence-electron chi connectivity index (χ2n) is 7.47. The van der Waals surface area contributed by atoms with Crippen molar-refractivity contribution < 1.29 is 4.79 Å². The SMILES string of the molecule is CC(Sc1nc2scc(-c3cccs3)c2c(=O)n1-c1ccccc1)C(=O)N1CCCC1. The van der Waals surface area contributed by atoms with Crippen molar-refractivity contribution in [3.05, 3.63) is 63.6 Å². The molecule has 0 spiro atoms. The van der Waals surface area contributed by atoms with Gasteiger partial charge in [-0.3, -0.25) is 14.2 Å². The quantitative estimate of drug-likeness (QED) is 0.296. The summed E-state index contributed by atoms with van der Waals surface area (Å²) in [5, 5.41) is 4.90. The van der Waals surface area contributed by atoms with E-state index in [0.29, 0.717) is 15.4 Å². The van der Waals surface area contributed by atoms with Gasteiger partial charge in [-0.1, -0.05) is 36.0 Å². The van der Waals surface area contributed by atoms with E-state index in [0.717, 1.165) is 42.1 Å². The van der Waals surface area contributed by atoms with Gasteiger partial charge in [-0.15, -0.1) is 22.7 Å². The van der Waals surface area contributed by atoms with Crippen molar-refractivity contribution in [3.8, 4) is 16.1 Å². The molecule has 1 atom stereocenters. The number of aromatic nitrogens is 2. The monoisotopic (exact) mass is 467 g/mol. The van der Waals surface area contributed by atoms with Crippen molar-refractivity contribution in [1.82, 2.24) is 14.5 Å². The molecule has 0 N–H and O–H groups in total. The molecule has 1 fully saturated rings. The summed E-state index contributed by atoms with van der Waals surface area (Å²) >= 11 is 4.46. The second kappa shape index (κ2) is 8.61. The lowest BCUT2D eigenvalue weighted by molar-refractivity contribution is -0.129. The number of para-hydroxylation sites is 1. The molecule has 1 amide bonds. The summed E-state index contributed by atoms with van der Waals surface area (Å²) < 4.78 is 1.66. The van der Waals surface area contributed by atoms with Gasteiger partial charge in [0.15, 0.2) is 5.16 Å². The third-order valence-electron chi connectivity index (χ3n) is 5.43. The number of hydrogen-bond acceptors (Lipinski definition) is 6. The molecule has 5 rings (SSSR count). The van der Waals surface area contributed by atoms with Crippen LogP contribution in [0.4, 0.5) is 0 Å². The number of fused-ring (bicyclic) bond motifs is 1. The van der Waals surface area contributed by atoms with Crippen molar-refractivity contribution in [2.45, 2.75) is 30.2 Å². The molecule has 0 aliphatic carbocycles. The minimum Gasteiger partial charge on any atom is -0.342 e. The van der Waals surface area contributed by atoms with Crippen LogP contribution in [0.2, 0.25) is 0 Å². The Balaban J connectivity index is 1.63. The lowest BCUT2D eigenvalue weighted by atomic mass is 10.2. The number of thioether (sulfide) groups is 1. The van der Waals surface area contributed by atoms with Gasteiger partial charge in [0.2, 0.25) is 5.91 Å². The van der Waals surface area contributed by atoms with E-state index >= 15 is 0 Å². The van der Waals surface area contributed by atoms with Crippen LogP contribution in [-0.2, 0) is 4.79 Å². The van der Waals surface area contributed by atoms with Gasteiger partial charge in [0.1, 0.15) is 4.83 Å². The zero-order valence-electron chi connectivity index (χ0n) is 17.0. The first-order chi connectivity index (χ1) is 15.1. The highest BCUT2D eigenvalue weighted by Gasteiger charge is 2.27. The highest BCUT2D eigenvalue weighted by Crippen LogP contribution is 2.36. The van der Waals surface area contributed by atoms with Crippen molar-refractivity contribution in [3.63, 3.8) is 0 Å². The molecular weight excluding hydrogens is 446 g/mol. The van der Waals surface area contributed by atoms with Crippen molar-refractivity contribution >= 4 is 50.6 Å². The molecule has 1 saturated heterocycles. The molecule has 8 heteroatoms. The fraction of sp³-hybridized carbons (Fsp3) is 0.261. The summed E-state index contributed by atoms with van der Waals surface area (Å²) in [6, 6.07) is 13.6. The zero-order valence-corrected chi connectivity index (χ0v) is 19.4. The van der Waals surface area contributed by atoms with E-state index in [4.69, 9.17) is 4.98 Å². The maximum atomic E-state index is 13.8. The smallest absolute Gasteiger partial charge is 0.268 e. The van der Waals surface area contributed by atoms with Crippen LogP contribution in [0.1, 0.15) is 19.8 Å². The number of amides is 1. The van der Waals surface area contributed by atoms with Crippen LogP contribution in [0.25, 0.3) is 26.3 Å². The normalized spacial score (nSPS) is 14.9. The highest BCUT2D eigenvalue weighted by molar-refractivity contribution is 8.00. The molecule has 0 bridgehead atoms. The fourth-order valence-electron chi connectivity index (χ4n) is 3.87. The Kier molecular flexibility index (Phi) is 5.69.